The van der Waals surface area contributed by atoms with Gasteiger partial charge in [-0.15, -0.1) is 11.3 Å². The monoisotopic (exact) mass is 297 g/mol. The molecular formula is C14H23N3O2S. The molecule has 0 unspecified atom stereocenters. The highest BCUT2D eigenvalue weighted by Crippen LogP contribution is 2.45. The van der Waals surface area contributed by atoms with Crippen LogP contribution in [0.15, 0.2) is 0 Å². The van der Waals surface area contributed by atoms with Crippen molar-refractivity contribution in [3.63, 3.8) is 0 Å². The van der Waals surface area contributed by atoms with Crippen LogP contribution in [0.1, 0.15) is 36.4 Å². The number of carbonyl (C=O) groups excluding carboxylic acids is 1. The first-order valence-electron chi connectivity index (χ1n) is 7.07. The largest absolute Gasteiger partial charge is 0.492 e. The van der Waals surface area contributed by atoms with E-state index in [1.165, 1.54) is 11.3 Å². The molecule has 1 amide bonds. The number of amides is 1. The number of hydrogen-bond donors (Lipinski definition) is 2. The van der Waals surface area contributed by atoms with E-state index in [-0.39, 0.29) is 5.91 Å². The van der Waals surface area contributed by atoms with Crippen LogP contribution in [0.4, 0.5) is 10.7 Å². The summed E-state index contributed by atoms with van der Waals surface area (Å²) < 4.78 is 5.43. The lowest BCUT2D eigenvalue weighted by atomic mass is 9.99. The summed E-state index contributed by atoms with van der Waals surface area (Å²) in [5, 5.41) is 3.78. The lowest BCUT2D eigenvalue weighted by molar-refractivity contribution is 0.0960. The number of anilines is 2. The highest BCUT2D eigenvalue weighted by Gasteiger charge is 2.26. The van der Waals surface area contributed by atoms with E-state index in [1.807, 2.05) is 6.92 Å². The summed E-state index contributed by atoms with van der Waals surface area (Å²) in [6.45, 7) is 6.75. The fraction of sp³-hybridized carbons (Fsp3) is 0.643. The number of ether oxygens (including phenoxy) is 1. The quantitative estimate of drug-likeness (QED) is 0.895. The van der Waals surface area contributed by atoms with E-state index in [2.05, 4.69) is 17.1 Å². The van der Waals surface area contributed by atoms with Crippen LogP contribution in [0, 0.1) is 5.92 Å². The number of nitrogens with zero attached hydrogens (tertiary/aromatic N) is 1. The lowest BCUT2D eigenvalue weighted by Crippen LogP contribution is -2.32. The number of thiophene rings is 1. The van der Waals surface area contributed by atoms with Crippen LogP contribution in [0.25, 0.3) is 0 Å². The van der Waals surface area contributed by atoms with Crippen molar-refractivity contribution in [1.29, 1.82) is 0 Å². The van der Waals surface area contributed by atoms with E-state index in [4.69, 9.17) is 10.5 Å². The smallest absolute Gasteiger partial charge is 0.263 e. The van der Waals surface area contributed by atoms with E-state index in [0.717, 1.165) is 36.9 Å². The highest BCUT2D eigenvalue weighted by molar-refractivity contribution is 7.19. The van der Waals surface area contributed by atoms with Crippen molar-refractivity contribution in [2.45, 2.75) is 26.7 Å². The Morgan fingerprint density at radius 3 is 2.70 bits per heavy atom. The molecule has 1 aliphatic rings. The van der Waals surface area contributed by atoms with Gasteiger partial charge in [0.2, 0.25) is 0 Å². The summed E-state index contributed by atoms with van der Waals surface area (Å²) in [6.07, 6.45) is 2.33. The topological polar surface area (TPSA) is 67.6 Å². The Morgan fingerprint density at radius 2 is 2.15 bits per heavy atom. The third kappa shape index (κ3) is 2.85. The average molecular weight is 297 g/mol. The van der Waals surface area contributed by atoms with Crippen molar-refractivity contribution in [3.05, 3.63) is 4.88 Å². The van der Waals surface area contributed by atoms with E-state index in [9.17, 15) is 4.79 Å². The molecule has 6 heteroatoms. The first-order chi connectivity index (χ1) is 9.58. The van der Waals surface area contributed by atoms with Crippen molar-refractivity contribution < 1.29 is 9.53 Å². The molecular weight excluding hydrogens is 274 g/mol. The second-order valence-corrected chi connectivity index (χ2v) is 6.21. The van der Waals surface area contributed by atoms with E-state index < -0.39 is 0 Å². The first kappa shape index (κ1) is 15.0. The maximum Gasteiger partial charge on any atom is 0.263 e. The maximum absolute atomic E-state index is 12.0. The van der Waals surface area contributed by atoms with Crippen molar-refractivity contribution in [1.82, 2.24) is 5.32 Å². The highest BCUT2D eigenvalue weighted by atomic mass is 32.1. The molecule has 2 rings (SSSR count). The molecule has 5 nitrogen and oxygen atoms in total. The van der Waals surface area contributed by atoms with Gasteiger partial charge in [0.25, 0.3) is 5.91 Å². The fourth-order valence-corrected chi connectivity index (χ4v) is 3.60. The lowest BCUT2D eigenvalue weighted by Gasteiger charge is -2.31. The molecule has 0 aromatic carbocycles. The minimum atomic E-state index is -0.120. The minimum Gasteiger partial charge on any atom is -0.492 e. The number of piperidine rings is 1. The average Bonchev–Trinajstić information content (AvgIpc) is 2.77. The van der Waals surface area contributed by atoms with Gasteiger partial charge in [-0.25, -0.2) is 0 Å². The standard InChI is InChI=1S/C14H23N3O2S/c1-4-16-13(18)12-10(15)11(19-3)14(20-12)17-7-5-9(2)6-8-17/h9H,4-8,15H2,1-3H3,(H,16,18). The zero-order valence-corrected chi connectivity index (χ0v) is 13.2. The van der Waals surface area contributed by atoms with Crippen LogP contribution in [0.5, 0.6) is 5.75 Å². The molecule has 1 aliphatic heterocycles. The summed E-state index contributed by atoms with van der Waals surface area (Å²) in [5.41, 5.74) is 6.53. The Morgan fingerprint density at radius 1 is 1.50 bits per heavy atom. The summed E-state index contributed by atoms with van der Waals surface area (Å²) in [6, 6.07) is 0. The van der Waals surface area contributed by atoms with Crippen LogP contribution < -0.4 is 20.7 Å². The SMILES string of the molecule is CCNC(=O)c1sc(N2CCC(C)CC2)c(OC)c1N. The van der Waals surface area contributed by atoms with Crippen LogP contribution in [-0.4, -0.2) is 32.7 Å². The number of nitrogens with two attached hydrogens (primary N) is 1. The molecule has 0 bridgehead atoms. The Bertz CT molecular complexity index is 479. The zero-order chi connectivity index (χ0) is 14.7. The van der Waals surface area contributed by atoms with Crippen molar-refractivity contribution in [3.8, 4) is 5.75 Å². The number of nitrogen functional groups attached to an aromatic ring is 1. The van der Waals surface area contributed by atoms with Gasteiger partial charge < -0.3 is 20.7 Å². The van der Waals surface area contributed by atoms with Gasteiger partial charge in [0, 0.05) is 19.6 Å². The third-order valence-electron chi connectivity index (χ3n) is 3.70. The van der Waals surface area contributed by atoms with Crippen LogP contribution in [0.2, 0.25) is 0 Å². The Balaban J connectivity index is 2.28. The molecule has 0 radical (unpaired) electrons. The Hall–Kier alpha value is -1.43. The summed E-state index contributed by atoms with van der Waals surface area (Å²) in [5.74, 6) is 1.29. The molecule has 0 saturated carbocycles. The number of hydrogen-bond acceptors (Lipinski definition) is 5. The van der Waals surface area contributed by atoms with Crippen LogP contribution in [-0.2, 0) is 0 Å². The van der Waals surface area contributed by atoms with Gasteiger partial charge in [0.15, 0.2) is 5.75 Å². The molecule has 1 aromatic rings. The number of rotatable bonds is 4. The maximum atomic E-state index is 12.0. The zero-order valence-electron chi connectivity index (χ0n) is 12.4. The second kappa shape index (κ2) is 6.35. The number of carbonyl (C=O) groups is 1. The van der Waals surface area contributed by atoms with Crippen molar-refractivity contribution in [2.24, 2.45) is 5.92 Å². The third-order valence-corrected chi connectivity index (χ3v) is 4.95. The molecule has 20 heavy (non-hydrogen) atoms. The number of methoxy groups -OCH3 is 1. The van der Waals surface area contributed by atoms with Gasteiger partial charge >= 0.3 is 0 Å². The number of nitrogens with one attached hydrogen (secondary N) is 1. The Kier molecular flexibility index (Phi) is 4.75. The summed E-state index contributed by atoms with van der Waals surface area (Å²) in [7, 11) is 1.61. The van der Waals surface area contributed by atoms with Gasteiger partial charge in [-0.1, -0.05) is 6.92 Å². The van der Waals surface area contributed by atoms with Gasteiger partial charge in [0.05, 0.1) is 7.11 Å². The van der Waals surface area contributed by atoms with E-state index in [1.54, 1.807) is 7.11 Å². The van der Waals surface area contributed by atoms with Crippen molar-refractivity contribution in [2.75, 3.05) is 37.4 Å². The fourth-order valence-electron chi connectivity index (χ4n) is 2.44. The molecule has 0 aliphatic carbocycles. The molecule has 3 N–H and O–H groups in total. The normalized spacial score (nSPS) is 16.2. The second-order valence-electron chi connectivity index (χ2n) is 5.21. The van der Waals surface area contributed by atoms with Gasteiger partial charge in [-0.05, 0) is 25.7 Å². The Labute approximate surface area is 124 Å². The molecule has 1 saturated heterocycles. The minimum absolute atomic E-state index is 0.120. The summed E-state index contributed by atoms with van der Waals surface area (Å²) >= 11 is 1.43. The first-order valence-corrected chi connectivity index (χ1v) is 7.89. The molecule has 0 spiro atoms. The van der Waals surface area contributed by atoms with Gasteiger partial charge in [0.1, 0.15) is 15.6 Å². The molecule has 1 fully saturated rings. The predicted octanol–water partition coefficient (Wildman–Crippen LogP) is 2.32. The van der Waals surface area contributed by atoms with Crippen LogP contribution >= 0.6 is 11.3 Å². The van der Waals surface area contributed by atoms with Gasteiger partial charge in [-0.2, -0.15) is 0 Å². The van der Waals surface area contributed by atoms with Crippen molar-refractivity contribution >= 4 is 27.9 Å². The van der Waals surface area contributed by atoms with E-state index in [0.29, 0.717) is 22.9 Å². The predicted molar refractivity (Wildman–Crippen MR) is 83.9 cm³/mol. The molecule has 112 valence electrons. The molecule has 1 aromatic heterocycles. The summed E-state index contributed by atoms with van der Waals surface area (Å²) in [4.78, 5) is 14.9. The van der Waals surface area contributed by atoms with E-state index >= 15 is 0 Å². The van der Waals surface area contributed by atoms with Crippen LogP contribution in [0.3, 0.4) is 0 Å². The molecule has 2 heterocycles. The van der Waals surface area contributed by atoms with Gasteiger partial charge in [-0.3, -0.25) is 4.79 Å². The molecule has 0 atom stereocenters.